The minimum absolute atomic E-state index is 0.647. The van der Waals surface area contributed by atoms with Gasteiger partial charge in [-0.3, -0.25) is 4.98 Å². The third kappa shape index (κ3) is 3.09. The first-order valence-electron chi connectivity index (χ1n) is 8.60. The molecule has 5 nitrogen and oxygen atoms in total. The molecule has 0 unspecified atom stereocenters. The van der Waals surface area contributed by atoms with Crippen molar-refractivity contribution in [2.45, 2.75) is 6.92 Å². The van der Waals surface area contributed by atoms with E-state index in [0.717, 1.165) is 39.0 Å². The number of nitrogens with one attached hydrogen (secondary N) is 1. The largest absolute Gasteiger partial charge is 0.373 e. The molecule has 130 valence electrons. The maximum Gasteiger partial charge on any atom is 0.163 e. The quantitative estimate of drug-likeness (QED) is 0.585. The first-order valence-corrected chi connectivity index (χ1v) is 8.60. The Morgan fingerprint density at radius 2 is 1.78 bits per heavy atom. The van der Waals surface area contributed by atoms with Gasteiger partial charge in [-0.25, -0.2) is 9.97 Å². The van der Waals surface area contributed by atoms with Crippen LogP contribution in [-0.2, 0) is 0 Å². The monoisotopic (exact) mass is 351 g/mol. The van der Waals surface area contributed by atoms with Crippen molar-refractivity contribution in [1.29, 1.82) is 5.26 Å². The van der Waals surface area contributed by atoms with Crippen LogP contribution in [0.25, 0.3) is 33.4 Å². The second-order valence-corrected chi connectivity index (χ2v) is 6.27. The highest BCUT2D eigenvalue weighted by Crippen LogP contribution is 2.31. The van der Waals surface area contributed by atoms with Gasteiger partial charge in [0.1, 0.15) is 5.82 Å². The molecule has 0 aliphatic rings. The van der Waals surface area contributed by atoms with Gasteiger partial charge in [-0.15, -0.1) is 0 Å². The Morgan fingerprint density at radius 3 is 2.44 bits per heavy atom. The molecule has 1 N–H and O–H groups in total. The molecule has 5 heteroatoms. The first kappa shape index (κ1) is 16.7. The topological polar surface area (TPSA) is 74.5 Å². The molecule has 0 saturated carbocycles. The zero-order valence-corrected chi connectivity index (χ0v) is 15.1. The van der Waals surface area contributed by atoms with E-state index in [4.69, 9.17) is 10.2 Å². The molecule has 0 amide bonds. The molecule has 2 heterocycles. The van der Waals surface area contributed by atoms with Crippen molar-refractivity contribution in [2.75, 3.05) is 12.4 Å². The molecule has 0 bridgehead atoms. The summed E-state index contributed by atoms with van der Waals surface area (Å²) < 4.78 is 0. The second-order valence-electron chi connectivity index (χ2n) is 6.27. The van der Waals surface area contributed by atoms with E-state index >= 15 is 0 Å². The fraction of sp³-hybridized carbons (Fsp3) is 0.0909. The number of nitriles is 1. The highest BCUT2D eigenvalue weighted by Gasteiger charge is 2.12. The lowest BCUT2D eigenvalue weighted by Crippen LogP contribution is -2.00. The maximum absolute atomic E-state index is 8.99. The second kappa shape index (κ2) is 6.85. The Morgan fingerprint density at radius 1 is 0.963 bits per heavy atom. The molecule has 0 aliphatic heterocycles. The number of aryl methyl sites for hydroxylation is 1. The van der Waals surface area contributed by atoms with Gasteiger partial charge in [0.15, 0.2) is 5.82 Å². The van der Waals surface area contributed by atoms with Crippen molar-refractivity contribution in [3.05, 3.63) is 72.1 Å². The summed E-state index contributed by atoms with van der Waals surface area (Å²) in [5, 5.41) is 13.1. The summed E-state index contributed by atoms with van der Waals surface area (Å²) in [7, 11) is 1.86. The van der Waals surface area contributed by atoms with E-state index in [0.29, 0.717) is 11.4 Å². The number of benzene rings is 2. The Hall–Kier alpha value is -3.78. The average Bonchev–Trinajstić information content (AvgIpc) is 2.73. The van der Waals surface area contributed by atoms with E-state index in [9.17, 15) is 0 Å². The molecule has 4 aromatic rings. The van der Waals surface area contributed by atoms with Crippen molar-refractivity contribution in [3.8, 4) is 28.6 Å². The SMILES string of the molecule is CNc1nc(-c2cccnc2)nc2c(C)cc(-c3ccc(C#N)cc3)cc12. The zero-order valence-electron chi connectivity index (χ0n) is 15.1. The molecular weight excluding hydrogens is 334 g/mol. The summed E-state index contributed by atoms with van der Waals surface area (Å²) in [5.41, 5.74) is 5.63. The number of fused-ring (bicyclic) bond motifs is 1. The van der Waals surface area contributed by atoms with Gasteiger partial charge < -0.3 is 5.32 Å². The highest BCUT2D eigenvalue weighted by molar-refractivity contribution is 5.96. The van der Waals surface area contributed by atoms with Gasteiger partial charge in [-0.1, -0.05) is 12.1 Å². The van der Waals surface area contributed by atoms with Gasteiger partial charge in [-0.2, -0.15) is 5.26 Å². The van der Waals surface area contributed by atoms with E-state index in [1.807, 2.05) is 43.4 Å². The van der Waals surface area contributed by atoms with Crippen LogP contribution in [0.1, 0.15) is 11.1 Å². The van der Waals surface area contributed by atoms with Gasteiger partial charge in [0.25, 0.3) is 0 Å². The van der Waals surface area contributed by atoms with E-state index < -0.39 is 0 Å². The van der Waals surface area contributed by atoms with Crippen molar-refractivity contribution >= 4 is 16.7 Å². The lowest BCUT2D eigenvalue weighted by molar-refractivity contribution is 1.19. The molecule has 2 aromatic heterocycles. The fourth-order valence-corrected chi connectivity index (χ4v) is 3.12. The number of hydrogen-bond acceptors (Lipinski definition) is 5. The van der Waals surface area contributed by atoms with Gasteiger partial charge >= 0.3 is 0 Å². The standard InChI is InChI=1S/C22H17N5/c1-14-10-18(16-7-5-15(12-23)6-8-16)11-19-20(14)26-21(27-22(19)24-2)17-4-3-9-25-13-17/h3-11,13H,1-2H3,(H,24,26,27). The Labute approximate surface area is 157 Å². The zero-order chi connectivity index (χ0) is 18.8. The number of aromatic nitrogens is 3. The Balaban J connectivity index is 1.90. The van der Waals surface area contributed by atoms with Crippen molar-refractivity contribution < 1.29 is 0 Å². The summed E-state index contributed by atoms with van der Waals surface area (Å²) in [6, 6.07) is 17.8. The number of rotatable bonds is 3. The molecular formula is C22H17N5. The van der Waals surface area contributed by atoms with Crippen LogP contribution in [0.2, 0.25) is 0 Å². The van der Waals surface area contributed by atoms with Crippen LogP contribution in [-0.4, -0.2) is 22.0 Å². The van der Waals surface area contributed by atoms with Crippen LogP contribution < -0.4 is 5.32 Å². The molecule has 4 rings (SSSR count). The average molecular weight is 351 g/mol. The molecule has 0 spiro atoms. The van der Waals surface area contributed by atoms with Crippen LogP contribution >= 0.6 is 0 Å². The fourth-order valence-electron chi connectivity index (χ4n) is 3.12. The smallest absolute Gasteiger partial charge is 0.163 e. The molecule has 0 atom stereocenters. The van der Waals surface area contributed by atoms with Crippen molar-refractivity contribution in [3.63, 3.8) is 0 Å². The van der Waals surface area contributed by atoms with Crippen LogP contribution in [0.3, 0.4) is 0 Å². The minimum Gasteiger partial charge on any atom is -0.373 e. The van der Waals surface area contributed by atoms with E-state index in [1.54, 1.807) is 12.4 Å². The molecule has 0 fully saturated rings. The van der Waals surface area contributed by atoms with Gasteiger partial charge in [0.2, 0.25) is 0 Å². The summed E-state index contributed by atoms with van der Waals surface area (Å²) in [6.45, 7) is 2.05. The maximum atomic E-state index is 8.99. The van der Waals surface area contributed by atoms with E-state index in [2.05, 4.69) is 40.4 Å². The molecule has 2 aromatic carbocycles. The summed E-state index contributed by atoms with van der Waals surface area (Å²) in [5.74, 6) is 1.42. The third-order valence-electron chi connectivity index (χ3n) is 4.49. The van der Waals surface area contributed by atoms with Gasteiger partial charge in [0, 0.05) is 30.4 Å². The summed E-state index contributed by atoms with van der Waals surface area (Å²) >= 11 is 0. The van der Waals surface area contributed by atoms with Crippen LogP contribution in [0, 0.1) is 18.3 Å². The number of pyridine rings is 1. The van der Waals surface area contributed by atoms with Crippen LogP contribution in [0.4, 0.5) is 5.82 Å². The lowest BCUT2D eigenvalue weighted by atomic mass is 9.99. The molecule has 0 saturated heterocycles. The third-order valence-corrected chi connectivity index (χ3v) is 4.49. The lowest BCUT2D eigenvalue weighted by Gasteiger charge is -2.12. The first-order chi connectivity index (χ1) is 13.2. The molecule has 0 aliphatic carbocycles. The Kier molecular flexibility index (Phi) is 4.23. The van der Waals surface area contributed by atoms with E-state index in [1.165, 1.54) is 0 Å². The van der Waals surface area contributed by atoms with Crippen molar-refractivity contribution in [2.24, 2.45) is 0 Å². The highest BCUT2D eigenvalue weighted by atomic mass is 15.0. The van der Waals surface area contributed by atoms with Gasteiger partial charge in [-0.05, 0) is 60.0 Å². The normalized spacial score (nSPS) is 10.6. The molecule has 27 heavy (non-hydrogen) atoms. The number of nitrogens with zero attached hydrogens (tertiary/aromatic N) is 4. The minimum atomic E-state index is 0.647. The number of hydrogen-bond donors (Lipinski definition) is 1. The predicted octanol–water partition coefficient (Wildman–Crippen LogP) is 4.58. The summed E-state index contributed by atoms with van der Waals surface area (Å²) in [6.07, 6.45) is 3.50. The van der Waals surface area contributed by atoms with E-state index in [-0.39, 0.29) is 0 Å². The predicted molar refractivity (Wildman–Crippen MR) is 107 cm³/mol. The van der Waals surface area contributed by atoms with Crippen LogP contribution in [0.15, 0.2) is 60.9 Å². The Bertz CT molecular complexity index is 1160. The number of anilines is 1. The molecule has 0 radical (unpaired) electrons. The van der Waals surface area contributed by atoms with Gasteiger partial charge in [0.05, 0.1) is 17.1 Å². The van der Waals surface area contributed by atoms with Crippen molar-refractivity contribution in [1.82, 2.24) is 15.0 Å². The summed E-state index contributed by atoms with van der Waals surface area (Å²) in [4.78, 5) is 13.6. The van der Waals surface area contributed by atoms with Crippen LogP contribution in [0.5, 0.6) is 0 Å².